The van der Waals surface area contributed by atoms with Crippen LogP contribution in [0.25, 0.3) is 0 Å². The summed E-state index contributed by atoms with van der Waals surface area (Å²) in [5.41, 5.74) is 0.889. The minimum atomic E-state index is -3.33. The second-order valence-corrected chi connectivity index (χ2v) is 6.87. The van der Waals surface area contributed by atoms with Crippen LogP contribution in [-0.2, 0) is 10.0 Å². The third-order valence-electron chi connectivity index (χ3n) is 2.73. The number of nitrogens with one attached hydrogen (secondary N) is 2. The summed E-state index contributed by atoms with van der Waals surface area (Å²) in [6.07, 6.45) is 0. The van der Waals surface area contributed by atoms with Gasteiger partial charge in [0.15, 0.2) is 0 Å². The fourth-order valence-corrected chi connectivity index (χ4v) is 2.95. The maximum absolute atomic E-state index is 12.0. The van der Waals surface area contributed by atoms with E-state index in [1.807, 2.05) is 19.1 Å². The van der Waals surface area contributed by atoms with Crippen LogP contribution in [-0.4, -0.2) is 27.3 Å². The van der Waals surface area contributed by atoms with Crippen molar-refractivity contribution in [1.29, 1.82) is 0 Å². The van der Waals surface area contributed by atoms with Gasteiger partial charge in [0.2, 0.25) is 10.0 Å². The van der Waals surface area contributed by atoms with Crippen LogP contribution < -0.4 is 10.0 Å². The average molecular weight is 291 g/mol. The lowest BCUT2D eigenvalue weighted by molar-refractivity contribution is 0.550. The molecule has 6 heteroatoms. The van der Waals surface area contributed by atoms with E-state index in [0.29, 0.717) is 11.6 Å². The molecule has 0 saturated carbocycles. The molecule has 0 aliphatic heterocycles. The Morgan fingerprint density at radius 1 is 1.22 bits per heavy atom. The standard InChI is InChI=1S/C12H19ClN2O2S/c1-9(8-14-3)18(16,17)15-10(2)11-4-6-12(13)7-5-11/h4-7,9-10,14-15H,8H2,1-3H3. The molecule has 2 atom stereocenters. The van der Waals surface area contributed by atoms with Gasteiger partial charge in [-0.3, -0.25) is 0 Å². The van der Waals surface area contributed by atoms with Gasteiger partial charge < -0.3 is 5.32 Å². The molecule has 2 N–H and O–H groups in total. The van der Waals surface area contributed by atoms with E-state index < -0.39 is 15.3 Å². The van der Waals surface area contributed by atoms with Crippen molar-refractivity contribution in [2.45, 2.75) is 25.1 Å². The fourth-order valence-electron chi connectivity index (χ4n) is 1.58. The fraction of sp³-hybridized carbons (Fsp3) is 0.500. The summed E-state index contributed by atoms with van der Waals surface area (Å²) in [4.78, 5) is 0. The minimum Gasteiger partial charge on any atom is -0.318 e. The van der Waals surface area contributed by atoms with Crippen LogP contribution in [0.2, 0.25) is 5.02 Å². The number of hydrogen-bond donors (Lipinski definition) is 2. The topological polar surface area (TPSA) is 58.2 Å². The molecule has 0 aliphatic rings. The van der Waals surface area contributed by atoms with E-state index in [4.69, 9.17) is 11.6 Å². The highest BCUT2D eigenvalue weighted by Crippen LogP contribution is 2.17. The molecule has 0 heterocycles. The van der Waals surface area contributed by atoms with E-state index in [0.717, 1.165) is 5.56 Å². The third-order valence-corrected chi connectivity index (χ3v) is 4.89. The molecule has 102 valence electrons. The van der Waals surface area contributed by atoms with Crippen LogP contribution in [0, 0.1) is 0 Å². The van der Waals surface area contributed by atoms with E-state index in [1.54, 1.807) is 26.1 Å². The second-order valence-electron chi connectivity index (χ2n) is 4.30. The SMILES string of the molecule is CNCC(C)S(=O)(=O)NC(C)c1ccc(Cl)cc1. The third kappa shape index (κ3) is 4.24. The van der Waals surface area contributed by atoms with Gasteiger partial charge >= 0.3 is 0 Å². The van der Waals surface area contributed by atoms with Crippen molar-refractivity contribution >= 4 is 21.6 Å². The van der Waals surface area contributed by atoms with Crippen LogP contribution in [0.5, 0.6) is 0 Å². The molecule has 0 amide bonds. The summed E-state index contributed by atoms with van der Waals surface area (Å²) in [5, 5.41) is 3.02. The zero-order chi connectivity index (χ0) is 13.8. The summed E-state index contributed by atoms with van der Waals surface area (Å²) in [6, 6.07) is 6.86. The maximum atomic E-state index is 12.0. The number of halogens is 1. The zero-order valence-corrected chi connectivity index (χ0v) is 12.3. The van der Waals surface area contributed by atoms with Crippen molar-refractivity contribution < 1.29 is 8.42 Å². The zero-order valence-electron chi connectivity index (χ0n) is 10.8. The highest BCUT2D eigenvalue weighted by Gasteiger charge is 2.22. The molecule has 0 bridgehead atoms. The Bertz CT molecular complexity index is 473. The van der Waals surface area contributed by atoms with Crippen LogP contribution in [0.15, 0.2) is 24.3 Å². The first-order valence-electron chi connectivity index (χ1n) is 5.78. The lowest BCUT2D eigenvalue weighted by atomic mass is 10.1. The first-order valence-corrected chi connectivity index (χ1v) is 7.70. The van der Waals surface area contributed by atoms with Gasteiger partial charge in [0, 0.05) is 17.6 Å². The molecular formula is C12H19ClN2O2S. The van der Waals surface area contributed by atoms with Gasteiger partial charge in [0.25, 0.3) is 0 Å². The molecule has 2 unspecified atom stereocenters. The van der Waals surface area contributed by atoms with Crippen molar-refractivity contribution in [3.8, 4) is 0 Å². The quantitative estimate of drug-likeness (QED) is 0.842. The number of benzene rings is 1. The average Bonchev–Trinajstić information content (AvgIpc) is 2.29. The van der Waals surface area contributed by atoms with Gasteiger partial charge in [0.1, 0.15) is 0 Å². The Morgan fingerprint density at radius 3 is 2.28 bits per heavy atom. The molecular weight excluding hydrogens is 272 g/mol. The summed E-state index contributed by atoms with van der Waals surface area (Å²) in [5.74, 6) is 0. The molecule has 1 rings (SSSR count). The highest BCUT2D eigenvalue weighted by molar-refractivity contribution is 7.90. The number of rotatable bonds is 6. The normalized spacial score (nSPS) is 15.3. The maximum Gasteiger partial charge on any atom is 0.216 e. The van der Waals surface area contributed by atoms with Gasteiger partial charge in [-0.15, -0.1) is 0 Å². The lowest BCUT2D eigenvalue weighted by Gasteiger charge is -2.18. The van der Waals surface area contributed by atoms with Gasteiger partial charge in [-0.1, -0.05) is 23.7 Å². The molecule has 1 aromatic carbocycles. The molecule has 0 saturated heterocycles. The van der Waals surface area contributed by atoms with E-state index in [1.165, 1.54) is 0 Å². The van der Waals surface area contributed by atoms with Gasteiger partial charge in [0.05, 0.1) is 5.25 Å². The Balaban J connectivity index is 2.75. The summed E-state index contributed by atoms with van der Waals surface area (Å²) >= 11 is 5.79. The number of hydrogen-bond acceptors (Lipinski definition) is 3. The molecule has 0 aliphatic carbocycles. The van der Waals surface area contributed by atoms with Crippen molar-refractivity contribution in [3.63, 3.8) is 0 Å². The molecule has 0 spiro atoms. The summed E-state index contributed by atoms with van der Waals surface area (Å²) in [7, 11) is -1.59. The monoisotopic (exact) mass is 290 g/mol. The molecule has 0 aromatic heterocycles. The Morgan fingerprint density at radius 2 is 1.78 bits per heavy atom. The Hall–Kier alpha value is -0.620. The number of sulfonamides is 1. The first-order chi connectivity index (χ1) is 8.36. The van der Waals surface area contributed by atoms with Crippen LogP contribution in [0.1, 0.15) is 25.5 Å². The molecule has 4 nitrogen and oxygen atoms in total. The molecule has 0 radical (unpaired) electrons. The van der Waals surface area contributed by atoms with Crippen LogP contribution in [0.4, 0.5) is 0 Å². The van der Waals surface area contributed by atoms with Crippen molar-refractivity contribution in [1.82, 2.24) is 10.0 Å². The first kappa shape index (κ1) is 15.4. The van der Waals surface area contributed by atoms with Gasteiger partial charge in [-0.05, 0) is 38.6 Å². The molecule has 0 fully saturated rings. The van der Waals surface area contributed by atoms with Crippen molar-refractivity contribution in [3.05, 3.63) is 34.9 Å². The van der Waals surface area contributed by atoms with E-state index >= 15 is 0 Å². The summed E-state index contributed by atoms with van der Waals surface area (Å²) in [6.45, 7) is 3.91. The Labute approximate surface area is 114 Å². The van der Waals surface area contributed by atoms with Crippen molar-refractivity contribution in [2.75, 3.05) is 13.6 Å². The predicted molar refractivity (Wildman–Crippen MR) is 75.3 cm³/mol. The Kier molecular flexibility index (Phi) is 5.59. The predicted octanol–water partition coefficient (Wildman–Crippen LogP) is 1.93. The van der Waals surface area contributed by atoms with Gasteiger partial charge in [-0.2, -0.15) is 0 Å². The van der Waals surface area contributed by atoms with E-state index in [9.17, 15) is 8.42 Å². The second kappa shape index (κ2) is 6.52. The minimum absolute atomic E-state index is 0.272. The van der Waals surface area contributed by atoms with Crippen LogP contribution in [0.3, 0.4) is 0 Å². The smallest absolute Gasteiger partial charge is 0.216 e. The van der Waals surface area contributed by atoms with Gasteiger partial charge in [-0.25, -0.2) is 13.1 Å². The van der Waals surface area contributed by atoms with Crippen LogP contribution >= 0.6 is 11.6 Å². The lowest BCUT2D eigenvalue weighted by Crippen LogP contribution is -2.39. The van der Waals surface area contributed by atoms with E-state index in [-0.39, 0.29) is 6.04 Å². The van der Waals surface area contributed by atoms with E-state index in [2.05, 4.69) is 10.0 Å². The summed E-state index contributed by atoms with van der Waals surface area (Å²) < 4.78 is 26.7. The molecule has 18 heavy (non-hydrogen) atoms. The highest BCUT2D eigenvalue weighted by atomic mass is 35.5. The van der Waals surface area contributed by atoms with Crippen molar-refractivity contribution in [2.24, 2.45) is 0 Å². The molecule has 1 aromatic rings. The largest absolute Gasteiger partial charge is 0.318 e.